The fraction of sp³-hybridized carbons (Fsp3) is 0.160. The van der Waals surface area contributed by atoms with Crippen LogP contribution in [0.2, 0.25) is 0 Å². The molecule has 1 aromatic heterocycles. The van der Waals surface area contributed by atoms with Crippen molar-refractivity contribution >= 4 is 23.3 Å². The van der Waals surface area contributed by atoms with Gasteiger partial charge in [0.05, 0.1) is 17.7 Å². The molecule has 1 atom stereocenters. The van der Waals surface area contributed by atoms with Crippen molar-refractivity contribution in [1.82, 2.24) is 4.98 Å². The molecule has 32 heavy (non-hydrogen) atoms. The highest BCUT2D eigenvalue weighted by atomic mass is 19.1. The molecule has 0 aliphatic carbocycles. The molecule has 3 aromatic rings. The summed E-state index contributed by atoms with van der Waals surface area (Å²) in [5.41, 5.74) is 0.731. The summed E-state index contributed by atoms with van der Waals surface area (Å²) in [7, 11) is 0. The molecule has 0 spiro atoms. The zero-order valence-corrected chi connectivity index (χ0v) is 17.5. The molecule has 162 valence electrons. The van der Waals surface area contributed by atoms with E-state index >= 15 is 0 Å². The van der Waals surface area contributed by atoms with Gasteiger partial charge in [-0.05, 0) is 67.9 Å². The smallest absolute Gasteiger partial charge is 0.301 e. The maximum absolute atomic E-state index is 13.6. The van der Waals surface area contributed by atoms with Gasteiger partial charge in [0, 0.05) is 11.8 Å². The lowest BCUT2D eigenvalue weighted by atomic mass is 9.95. The summed E-state index contributed by atoms with van der Waals surface area (Å²) in [6, 6.07) is 16.0. The molecule has 1 amide bonds. The number of aromatic nitrogens is 1. The lowest BCUT2D eigenvalue weighted by molar-refractivity contribution is -0.132. The van der Waals surface area contributed by atoms with E-state index in [1.54, 1.807) is 42.5 Å². The minimum Gasteiger partial charge on any atom is -0.507 e. The van der Waals surface area contributed by atoms with E-state index in [1.165, 1.54) is 35.4 Å². The molecule has 7 heteroatoms. The van der Waals surface area contributed by atoms with Crippen LogP contribution in [0.25, 0.3) is 5.76 Å². The van der Waals surface area contributed by atoms with Crippen LogP contribution in [0.15, 0.2) is 78.5 Å². The number of aliphatic hydroxyl groups is 1. The van der Waals surface area contributed by atoms with E-state index < -0.39 is 23.5 Å². The zero-order valence-electron chi connectivity index (χ0n) is 17.5. The Labute approximate surface area is 184 Å². The second kappa shape index (κ2) is 8.63. The van der Waals surface area contributed by atoms with Gasteiger partial charge in [-0.25, -0.2) is 9.37 Å². The number of aliphatic hydroxyl groups excluding tert-OH is 1. The first-order valence-electron chi connectivity index (χ1n) is 10.1. The Morgan fingerprint density at radius 2 is 1.72 bits per heavy atom. The van der Waals surface area contributed by atoms with Gasteiger partial charge in [0.25, 0.3) is 5.78 Å². The number of ether oxygens (including phenoxy) is 1. The van der Waals surface area contributed by atoms with Gasteiger partial charge >= 0.3 is 5.91 Å². The number of Topliss-reactive ketones (excluding diaryl/α,β-unsaturated/α-hetero) is 1. The number of carbonyl (C=O) groups is 2. The van der Waals surface area contributed by atoms with E-state index in [-0.39, 0.29) is 23.3 Å². The highest BCUT2D eigenvalue weighted by molar-refractivity contribution is 6.51. The number of carbonyl (C=O) groups excluding carboxylic acids is 2. The normalized spacial score (nSPS) is 17.8. The maximum Gasteiger partial charge on any atom is 0.301 e. The summed E-state index contributed by atoms with van der Waals surface area (Å²) in [6.45, 7) is 3.80. The van der Waals surface area contributed by atoms with Crippen molar-refractivity contribution in [1.29, 1.82) is 0 Å². The number of amides is 1. The number of hydrogen-bond donors (Lipinski definition) is 1. The molecule has 1 saturated heterocycles. The van der Waals surface area contributed by atoms with Gasteiger partial charge in [0.1, 0.15) is 23.1 Å². The van der Waals surface area contributed by atoms with Crippen LogP contribution in [0.3, 0.4) is 0 Å². The fourth-order valence-electron chi connectivity index (χ4n) is 3.64. The Balaban J connectivity index is 1.85. The Hall–Kier alpha value is -4.00. The fourth-order valence-corrected chi connectivity index (χ4v) is 3.64. The first-order valence-corrected chi connectivity index (χ1v) is 10.1. The van der Waals surface area contributed by atoms with Crippen molar-refractivity contribution in [3.63, 3.8) is 0 Å². The second-order valence-corrected chi connectivity index (χ2v) is 7.60. The number of rotatable bonds is 5. The van der Waals surface area contributed by atoms with Crippen molar-refractivity contribution in [2.24, 2.45) is 0 Å². The van der Waals surface area contributed by atoms with Crippen LogP contribution < -0.4 is 9.64 Å². The molecule has 2 aromatic carbocycles. The van der Waals surface area contributed by atoms with Gasteiger partial charge < -0.3 is 9.84 Å². The van der Waals surface area contributed by atoms with Crippen molar-refractivity contribution < 1.29 is 23.8 Å². The van der Waals surface area contributed by atoms with E-state index in [0.29, 0.717) is 16.9 Å². The average Bonchev–Trinajstić information content (AvgIpc) is 3.05. The lowest BCUT2D eigenvalue weighted by Gasteiger charge is -2.24. The van der Waals surface area contributed by atoms with Gasteiger partial charge in [0.15, 0.2) is 0 Å². The van der Waals surface area contributed by atoms with Gasteiger partial charge in [0.2, 0.25) is 0 Å². The molecule has 1 aliphatic heterocycles. The third-order valence-corrected chi connectivity index (χ3v) is 5.03. The van der Waals surface area contributed by atoms with Gasteiger partial charge in [-0.15, -0.1) is 0 Å². The van der Waals surface area contributed by atoms with Crippen LogP contribution in [-0.4, -0.2) is 27.9 Å². The molecule has 1 fully saturated rings. The topological polar surface area (TPSA) is 79.7 Å². The highest BCUT2D eigenvalue weighted by Gasteiger charge is 2.47. The van der Waals surface area contributed by atoms with Gasteiger partial charge in [-0.2, -0.15) is 0 Å². The number of ketones is 1. The van der Waals surface area contributed by atoms with Crippen molar-refractivity contribution in [2.75, 3.05) is 4.90 Å². The summed E-state index contributed by atoms with van der Waals surface area (Å²) < 4.78 is 19.2. The van der Waals surface area contributed by atoms with E-state index in [2.05, 4.69) is 4.98 Å². The SMILES string of the molecule is CC(C)Oc1ccc(C(O)=C2C(=O)C(=O)N(c3ccccn3)[C@H]2c2ccc(F)cc2)cc1. The Morgan fingerprint density at radius 1 is 1.03 bits per heavy atom. The monoisotopic (exact) mass is 432 g/mol. The Kier molecular flexibility index (Phi) is 5.73. The minimum absolute atomic E-state index is 0.0170. The maximum atomic E-state index is 13.6. The molecular weight excluding hydrogens is 411 g/mol. The molecule has 0 radical (unpaired) electrons. The molecule has 2 heterocycles. The van der Waals surface area contributed by atoms with E-state index in [9.17, 15) is 19.1 Å². The Morgan fingerprint density at radius 3 is 2.31 bits per heavy atom. The van der Waals surface area contributed by atoms with Gasteiger partial charge in [-0.3, -0.25) is 14.5 Å². The molecule has 1 aliphatic rings. The van der Waals surface area contributed by atoms with E-state index in [1.807, 2.05) is 13.8 Å². The third kappa shape index (κ3) is 3.97. The first-order chi connectivity index (χ1) is 15.4. The lowest BCUT2D eigenvalue weighted by Crippen LogP contribution is -2.30. The van der Waals surface area contributed by atoms with Crippen LogP contribution in [0, 0.1) is 5.82 Å². The van der Waals surface area contributed by atoms with Crippen LogP contribution in [-0.2, 0) is 9.59 Å². The zero-order chi connectivity index (χ0) is 22.8. The van der Waals surface area contributed by atoms with Crippen LogP contribution >= 0.6 is 0 Å². The number of hydrogen-bond acceptors (Lipinski definition) is 5. The predicted molar refractivity (Wildman–Crippen MR) is 118 cm³/mol. The van der Waals surface area contributed by atoms with Crippen LogP contribution in [0.5, 0.6) is 5.75 Å². The summed E-state index contributed by atoms with van der Waals surface area (Å²) in [6.07, 6.45) is 1.49. The summed E-state index contributed by atoms with van der Waals surface area (Å²) in [5.74, 6) is -1.58. The molecule has 0 saturated carbocycles. The van der Waals surface area contributed by atoms with Crippen LogP contribution in [0.1, 0.15) is 31.0 Å². The molecule has 4 rings (SSSR count). The molecular formula is C25H21FN2O4. The number of anilines is 1. The molecule has 0 unspecified atom stereocenters. The summed E-state index contributed by atoms with van der Waals surface area (Å²) in [4.78, 5) is 31.4. The van der Waals surface area contributed by atoms with Crippen molar-refractivity contribution in [3.8, 4) is 5.75 Å². The van der Waals surface area contributed by atoms with Gasteiger partial charge in [-0.1, -0.05) is 18.2 Å². The molecule has 6 nitrogen and oxygen atoms in total. The van der Waals surface area contributed by atoms with Crippen molar-refractivity contribution in [3.05, 3.63) is 95.4 Å². The highest BCUT2D eigenvalue weighted by Crippen LogP contribution is 2.41. The first kappa shape index (κ1) is 21.2. The van der Waals surface area contributed by atoms with E-state index in [4.69, 9.17) is 4.74 Å². The number of halogens is 1. The number of benzene rings is 2. The van der Waals surface area contributed by atoms with Crippen LogP contribution in [0.4, 0.5) is 10.2 Å². The standard InChI is InChI=1S/C25H21FN2O4/c1-15(2)32-19-12-8-17(9-13-19)23(29)21-22(16-6-10-18(26)11-7-16)28(25(31)24(21)30)20-5-3-4-14-27-20/h3-15,22,29H,1-2H3/t22-/m0/s1. The predicted octanol–water partition coefficient (Wildman–Crippen LogP) is 4.63. The summed E-state index contributed by atoms with van der Waals surface area (Å²) >= 11 is 0. The summed E-state index contributed by atoms with van der Waals surface area (Å²) in [5, 5.41) is 11.1. The minimum atomic E-state index is -0.961. The molecule has 0 bridgehead atoms. The quantitative estimate of drug-likeness (QED) is 0.361. The average molecular weight is 432 g/mol. The second-order valence-electron chi connectivity index (χ2n) is 7.60. The number of nitrogens with zero attached hydrogens (tertiary/aromatic N) is 2. The molecule has 1 N–H and O–H groups in total. The third-order valence-electron chi connectivity index (χ3n) is 5.03. The van der Waals surface area contributed by atoms with E-state index in [0.717, 1.165) is 0 Å². The van der Waals surface area contributed by atoms with Crippen molar-refractivity contribution in [2.45, 2.75) is 26.0 Å². The Bertz CT molecular complexity index is 1170. The number of pyridine rings is 1. The largest absolute Gasteiger partial charge is 0.507 e.